The van der Waals surface area contributed by atoms with Crippen molar-refractivity contribution in [3.63, 3.8) is 0 Å². The zero-order valence-corrected chi connectivity index (χ0v) is 12.1. The Hall–Kier alpha value is -2.39. The fraction of sp³-hybridized carbons (Fsp3) is 0.211. The van der Waals surface area contributed by atoms with Crippen molar-refractivity contribution in [3.8, 4) is 0 Å². The fourth-order valence-corrected chi connectivity index (χ4v) is 3.24. The third-order valence-electron chi connectivity index (χ3n) is 4.24. The van der Waals surface area contributed by atoms with Crippen LogP contribution in [-0.4, -0.2) is 18.7 Å². The molecule has 0 saturated carbocycles. The van der Waals surface area contributed by atoms with Gasteiger partial charge in [0.1, 0.15) is 6.10 Å². The summed E-state index contributed by atoms with van der Waals surface area (Å²) in [5.74, 6) is -0.238. The number of hydrogen-bond donors (Lipinski definition) is 0. The van der Waals surface area contributed by atoms with Crippen LogP contribution in [0.5, 0.6) is 0 Å². The maximum atomic E-state index is 12.4. The van der Waals surface area contributed by atoms with Gasteiger partial charge >= 0.3 is 5.97 Å². The molecule has 110 valence electrons. The molecule has 0 aromatic heterocycles. The van der Waals surface area contributed by atoms with E-state index in [1.165, 1.54) is 0 Å². The summed E-state index contributed by atoms with van der Waals surface area (Å²) in [6.45, 7) is 0.609. The maximum absolute atomic E-state index is 12.4. The standard InChI is InChI=1S/C19H16O3/c20-19-16(13-7-3-1-4-8-13)15-11-12-21-17(18(15)22-19)14-9-5-2-6-10-14/h1-10,17-18H,11-12H2/t17-,18+/m1/s1. The highest BCUT2D eigenvalue weighted by atomic mass is 16.6. The molecule has 2 aromatic carbocycles. The van der Waals surface area contributed by atoms with Gasteiger partial charge in [0.15, 0.2) is 6.10 Å². The van der Waals surface area contributed by atoms with E-state index in [0.29, 0.717) is 6.61 Å². The Bertz CT molecular complexity index is 719. The average Bonchev–Trinajstić information content (AvgIpc) is 2.92. The monoisotopic (exact) mass is 292 g/mol. The summed E-state index contributed by atoms with van der Waals surface area (Å²) in [6.07, 6.45) is 0.221. The second-order valence-electron chi connectivity index (χ2n) is 5.54. The SMILES string of the molecule is O=C1O[C@H]2C(=C1c1ccccc1)CCO[C@@H]2c1ccccc1. The topological polar surface area (TPSA) is 35.5 Å². The number of esters is 1. The molecule has 2 aliphatic rings. The molecule has 0 N–H and O–H groups in total. The quantitative estimate of drug-likeness (QED) is 0.794. The largest absolute Gasteiger partial charge is 0.451 e. The van der Waals surface area contributed by atoms with Crippen molar-refractivity contribution >= 4 is 11.5 Å². The molecule has 2 aromatic rings. The van der Waals surface area contributed by atoms with Crippen LogP contribution in [-0.2, 0) is 14.3 Å². The van der Waals surface area contributed by atoms with Gasteiger partial charge in [-0.3, -0.25) is 0 Å². The van der Waals surface area contributed by atoms with Gasteiger partial charge in [0.25, 0.3) is 0 Å². The number of hydrogen-bond acceptors (Lipinski definition) is 3. The molecule has 3 nitrogen and oxygen atoms in total. The Balaban J connectivity index is 1.76. The van der Waals surface area contributed by atoms with E-state index < -0.39 is 0 Å². The van der Waals surface area contributed by atoms with Crippen LogP contribution in [0.2, 0.25) is 0 Å². The third kappa shape index (κ3) is 2.14. The molecule has 1 fully saturated rings. The Labute approximate surface area is 129 Å². The first-order chi connectivity index (χ1) is 10.8. The van der Waals surface area contributed by atoms with E-state index in [0.717, 1.165) is 28.7 Å². The van der Waals surface area contributed by atoms with E-state index in [2.05, 4.69) is 0 Å². The summed E-state index contributed by atoms with van der Waals surface area (Å²) in [7, 11) is 0. The Kier molecular flexibility index (Phi) is 3.28. The molecule has 1 saturated heterocycles. The van der Waals surface area contributed by atoms with Crippen molar-refractivity contribution in [2.24, 2.45) is 0 Å². The van der Waals surface area contributed by atoms with Gasteiger partial charge in [-0.05, 0) is 23.1 Å². The molecule has 0 spiro atoms. The van der Waals surface area contributed by atoms with Gasteiger partial charge in [-0.2, -0.15) is 0 Å². The van der Waals surface area contributed by atoms with Crippen LogP contribution in [0, 0.1) is 0 Å². The highest BCUT2D eigenvalue weighted by Gasteiger charge is 2.42. The van der Waals surface area contributed by atoms with Crippen LogP contribution >= 0.6 is 0 Å². The Morgan fingerprint density at radius 2 is 1.55 bits per heavy atom. The molecular formula is C19H16O3. The Morgan fingerprint density at radius 3 is 2.27 bits per heavy atom. The lowest BCUT2D eigenvalue weighted by Gasteiger charge is -2.30. The number of carbonyl (C=O) groups is 1. The predicted molar refractivity (Wildman–Crippen MR) is 83.0 cm³/mol. The van der Waals surface area contributed by atoms with Crippen LogP contribution in [0.15, 0.2) is 66.2 Å². The average molecular weight is 292 g/mol. The minimum atomic E-state index is -0.307. The summed E-state index contributed by atoms with van der Waals surface area (Å²) in [4.78, 5) is 12.4. The lowest BCUT2D eigenvalue weighted by molar-refractivity contribution is -0.146. The number of fused-ring (bicyclic) bond motifs is 1. The molecule has 0 bridgehead atoms. The van der Waals surface area contributed by atoms with Crippen LogP contribution in [0.25, 0.3) is 5.57 Å². The molecule has 0 aliphatic carbocycles. The normalized spacial score (nSPS) is 24.1. The highest BCUT2D eigenvalue weighted by Crippen LogP contribution is 2.42. The summed E-state index contributed by atoms with van der Waals surface area (Å²) >= 11 is 0. The summed E-state index contributed by atoms with van der Waals surface area (Å²) in [5, 5.41) is 0. The minimum absolute atomic E-state index is 0.213. The van der Waals surface area contributed by atoms with Gasteiger partial charge in [0, 0.05) is 0 Å². The second-order valence-corrected chi connectivity index (χ2v) is 5.54. The molecule has 0 unspecified atom stereocenters. The second kappa shape index (κ2) is 5.43. The molecule has 0 amide bonds. The number of benzene rings is 2. The molecule has 2 atom stereocenters. The number of carbonyl (C=O) groups excluding carboxylic acids is 1. The molecule has 2 heterocycles. The lowest BCUT2D eigenvalue weighted by Crippen LogP contribution is -2.29. The van der Waals surface area contributed by atoms with Crippen molar-refractivity contribution < 1.29 is 14.3 Å². The molecule has 4 rings (SSSR count). The van der Waals surface area contributed by atoms with Gasteiger partial charge in [-0.15, -0.1) is 0 Å². The third-order valence-corrected chi connectivity index (χ3v) is 4.24. The molecular weight excluding hydrogens is 276 g/mol. The zero-order chi connectivity index (χ0) is 14.9. The smallest absolute Gasteiger partial charge is 0.339 e. The van der Waals surface area contributed by atoms with Crippen LogP contribution in [0.3, 0.4) is 0 Å². The van der Waals surface area contributed by atoms with E-state index >= 15 is 0 Å². The van der Waals surface area contributed by atoms with Crippen LogP contribution < -0.4 is 0 Å². The van der Waals surface area contributed by atoms with Crippen molar-refractivity contribution in [3.05, 3.63) is 77.4 Å². The van der Waals surface area contributed by atoms with Crippen molar-refractivity contribution in [2.45, 2.75) is 18.6 Å². The van der Waals surface area contributed by atoms with Crippen molar-refractivity contribution in [1.29, 1.82) is 0 Å². The molecule has 0 radical (unpaired) electrons. The van der Waals surface area contributed by atoms with E-state index in [1.54, 1.807) is 0 Å². The van der Waals surface area contributed by atoms with E-state index in [1.807, 2.05) is 60.7 Å². The first kappa shape index (κ1) is 13.3. The highest BCUT2D eigenvalue weighted by molar-refractivity contribution is 6.19. The molecule has 2 aliphatic heterocycles. The van der Waals surface area contributed by atoms with Crippen LogP contribution in [0.1, 0.15) is 23.7 Å². The first-order valence-corrected chi connectivity index (χ1v) is 7.50. The van der Waals surface area contributed by atoms with E-state index in [9.17, 15) is 4.79 Å². The lowest BCUT2D eigenvalue weighted by atomic mass is 9.90. The first-order valence-electron chi connectivity index (χ1n) is 7.50. The molecule has 3 heteroatoms. The Morgan fingerprint density at radius 1 is 0.864 bits per heavy atom. The van der Waals surface area contributed by atoms with Gasteiger partial charge in [-0.1, -0.05) is 60.7 Å². The summed E-state index contributed by atoms with van der Waals surface area (Å²) < 4.78 is 11.6. The van der Waals surface area contributed by atoms with Gasteiger partial charge in [0.2, 0.25) is 0 Å². The minimum Gasteiger partial charge on any atom is -0.451 e. The van der Waals surface area contributed by atoms with E-state index in [4.69, 9.17) is 9.47 Å². The zero-order valence-electron chi connectivity index (χ0n) is 12.1. The van der Waals surface area contributed by atoms with Gasteiger partial charge in [-0.25, -0.2) is 4.79 Å². The van der Waals surface area contributed by atoms with E-state index in [-0.39, 0.29) is 18.2 Å². The van der Waals surface area contributed by atoms with Crippen LogP contribution in [0.4, 0.5) is 0 Å². The van der Waals surface area contributed by atoms with Crippen molar-refractivity contribution in [1.82, 2.24) is 0 Å². The van der Waals surface area contributed by atoms with Crippen molar-refractivity contribution in [2.75, 3.05) is 6.61 Å². The number of rotatable bonds is 2. The molecule has 22 heavy (non-hydrogen) atoms. The maximum Gasteiger partial charge on any atom is 0.339 e. The van der Waals surface area contributed by atoms with Gasteiger partial charge < -0.3 is 9.47 Å². The fourth-order valence-electron chi connectivity index (χ4n) is 3.24. The summed E-state index contributed by atoms with van der Waals surface area (Å²) in [5.41, 5.74) is 3.76. The van der Waals surface area contributed by atoms with Gasteiger partial charge in [0.05, 0.1) is 12.2 Å². The number of ether oxygens (including phenoxy) is 2. The summed E-state index contributed by atoms with van der Waals surface area (Å²) in [6, 6.07) is 19.7. The predicted octanol–water partition coefficient (Wildman–Crippen LogP) is 3.53.